The molecule has 28 heteroatoms. The largest absolute Gasteiger partial charge is 0.445 e. The molecule has 0 bridgehead atoms. The van der Waals surface area contributed by atoms with E-state index in [1.165, 1.54) is 4.90 Å². The Hall–Kier alpha value is -5.91. The third-order valence-corrected chi connectivity index (χ3v) is 36.9. The van der Waals surface area contributed by atoms with Gasteiger partial charge in [-0.05, 0) is 117 Å². The molecule has 4 saturated heterocycles. The van der Waals surface area contributed by atoms with E-state index in [4.69, 9.17) is 70.1 Å². The molecule has 9 rings (SSSR count). The maximum atomic E-state index is 15.2. The Kier molecular flexibility index (Phi) is 30.5. The smallest absolute Gasteiger partial charge is 0.410 e. The van der Waals surface area contributed by atoms with Crippen molar-refractivity contribution in [2.45, 2.75) is 326 Å². The zero-order chi connectivity index (χ0) is 82.1. The number of ether oxygens (including phenoxy) is 12. The number of alkyl carbamates (subject to hydrolysis) is 3. The molecule has 4 aromatic rings. The highest BCUT2D eigenvalue weighted by atomic mass is 28.4. The van der Waals surface area contributed by atoms with Crippen molar-refractivity contribution in [2.75, 3.05) is 19.7 Å². The Balaban J connectivity index is 1.16. The Morgan fingerprint density at radius 3 is 1.46 bits per heavy atom. The number of hydrogen-bond acceptors (Lipinski definition) is 21. The van der Waals surface area contributed by atoms with Gasteiger partial charge in [0.05, 0.1) is 68.0 Å². The molecule has 0 radical (unpaired) electrons. The molecule has 21 atom stereocenters. The average Bonchev–Trinajstić information content (AvgIpc) is 1.61. The summed E-state index contributed by atoms with van der Waals surface area (Å²) in [5.74, 6) is -1.24. The summed E-state index contributed by atoms with van der Waals surface area (Å²) in [4.78, 5) is 58.8. The van der Waals surface area contributed by atoms with Crippen molar-refractivity contribution >= 4 is 49.3 Å². The SMILES string of the molecule is CC[C@@H]1O[C@H](O[C@@H]2[C@@H](CC)OC(O[C@@H]3[C@@H](O)[C@H](N(CC(O)CNC(=O)OC(C)(C)C)C(=O)OCc4ccccc4)C[C@H](C)[C@H]3O[C@H]3O[C@@H]4COC(c5ccccc5)O[C@H]4[C@H](C)[C@H]3NC(=O)OCc3ccccc3)[C@@H]2O[Si](C)(C)C(C)(C)C)[C@H](NC(=O)OCc2ccccc2)[C@@H](O[Si](C)(C)C(C)(C)C)[C@@H]1O[Si](C)(C)C(C)(C)C. The molecule has 5 N–H and O–H groups in total. The van der Waals surface area contributed by atoms with E-state index in [-0.39, 0.29) is 49.5 Å². The van der Waals surface area contributed by atoms with Gasteiger partial charge in [-0.2, -0.15) is 0 Å². The van der Waals surface area contributed by atoms with Gasteiger partial charge in [0.1, 0.15) is 62.0 Å². The molecule has 5 aliphatic rings. The van der Waals surface area contributed by atoms with Gasteiger partial charge in [-0.3, -0.25) is 4.90 Å². The summed E-state index contributed by atoms with van der Waals surface area (Å²) in [5, 5.41) is 33.8. The molecule has 4 aromatic carbocycles. The van der Waals surface area contributed by atoms with E-state index >= 15 is 4.79 Å². The van der Waals surface area contributed by atoms with Crippen LogP contribution in [-0.4, -0.2) is 200 Å². The minimum atomic E-state index is -3.01. The molecule has 3 unspecified atom stereocenters. The van der Waals surface area contributed by atoms with Gasteiger partial charge in [-0.1, -0.05) is 211 Å². The monoisotopic (exact) mass is 1610 g/mol. The maximum Gasteiger partial charge on any atom is 0.410 e. The summed E-state index contributed by atoms with van der Waals surface area (Å²) in [6, 6.07) is 34.1. The van der Waals surface area contributed by atoms with E-state index in [2.05, 4.69) is 118 Å². The first-order chi connectivity index (χ1) is 52.5. The van der Waals surface area contributed by atoms with Gasteiger partial charge < -0.3 is 96.3 Å². The van der Waals surface area contributed by atoms with Crippen LogP contribution < -0.4 is 16.0 Å². The number of nitrogens with one attached hydrogen (secondary N) is 3. The Morgan fingerprint density at radius 2 is 0.964 bits per heavy atom. The average molecular weight is 1620 g/mol. The lowest BCUT2D eigenvalue weighted by Gasteiger charge is -2.53. The van der Waals surface area contributed by atoms with Crippen LogP contribution in [0.3, 0.4) is 0 Å². The first-order valence-electron chi connectivity index (χ1n) is 40.0. The lowest BCUT2D eigenvalue weighted by atomic mass is 9.79. The summed E-state index contributed by atoms with van der Waals surface area (Å²) >= 11 is 0. The van der Waals surface area contributed by atoms with Crippen LogP contribution in [0.1, 0.15) is 159 Å². The van der Waals surface area contributed by atoms with E-state index in [1.807, 2.05) is 149 Å². The lowest BCUT2D eigenvalue weighted by molar-refractivity contribution is -0.353. The van der Waals surface area contributed by atoms with E-state index in [9.17, 15) is 24.6 Å². The molecule has 624 valence electrons. The highest BCUT2D eigenvalue weighted by Crippen LogP contribution is 2.48. The quantitative estimate of drug-likeness (QED) is 0.0261. The first kappa shape index (κ1) is 90.0. The van der Waals surface area contributed by atoms with Gasteiger partial charge in [0, 0.05) is 18.0 Å². The standard InChI is InChI=1S/C84H130N4O21Si3/c1-23-60-68(104-75-64(87-79(93)97-49-55-39-31-26-32-40-55)70(108-111(19,20)83(11,12)13)69(61(24-2)99-75)107-110(17,18)82(8,9)10)72(109-112(21,22)84(14,15)16)76(100-60)105-71-65(90)59(88(80(94)98-50-56-41-33-27-34-42-56)47-58(89)46-85-77(91)106-81(5,6)7)45-52(3)66(71)102-74-63(86-78(92)96-48-54-37-29-25-30-38-54)53(4)67-62(101-74)51-95-73(103-67)57-43-35-28-36-44-57/h25-44,52-53,58-76,89-90H,23-24,45-51H2,1-22H3,(H,85,91)(H,86,92)(H,87,93)/t52-,53+,58?,59+,60+,61-,62+,63+,64+,65-,66+,67-,68+,69+,70+,71+,72+,73?,74+,75+,76?/m0/s1. The van der Waals surface area contributed by atoms with Gasteiger partial charge in [-0.25, -0.2) is 19.2 Å². The van der Waals surface area contributed by atoms with Crippen molar-refractivity contribution in [3.63, 3.8) is 0 Å². The minimum Gasteiger partial charge on any atom is -0.445 e. The fraction of sp³-hybridized carbons (Fsp3) is 0.667. The molecule has 0 aromatic heterocycles. The Bertz CT molecular complexity index is 3620. The fourth-order valence-electron chi connectivity index (χ4n) is 14.0. The van der Waals surface area contributed by atoms with Crippen LogP contribution in [0.5, 0.6) is 0 Å². The van der Waals surface area contributed by atoms with Crippen LogP contribution in [0.2, 0.25) is 54.4 Å². The molecule has 1 saturated carbocycles. The summed E-state index contributed by atoms with van der Waals surface area (Å²) in [5.41, 5.74) is 2.15. The number of fused-ring (bicyclic) bond motifs is 1. The number of carbonyl (C=O) groups excluding carboxylic acids is 4. The molecule has 1 aliphatic carbocycles. The van der Waals surface area contributed by atoms with Crippen LogP contribution in [0.25, 0.3) is 0 Å². The zero-order valence-corrected chi connectivity index (χ0v) is 73.1. The van der Waals surface area contributed by atoms with E-state index < -0.39 is 195 Å². The molecule has 112 heavy (non-hydrogen) atoms. The number of benzene rings is 4. The van der Waals surface area contributed by atoms with E-state index in [0.717, 1.165) is 16.7 Å². The summed E-state index contributed by atoms with van der Waals surface area (Å²) in [6.45, 7) is 44.4. The first-order valence-corrected chi connectivity index (χ1v) is 48.7. The molecule has 25 nitrogen and oxygen atoms in total. The van der Waals surface area contributed by atoms with Crippen molar-refractivity contribution < 1.29 is 99.5 Å². The third-order valence-electron chi connectivity index (χ3n) is 23.5. The highest BCUT2D eigenvalue weighted by Gasteiger charge is 2.61. The van der Waals surface area contributed by atoms with Crippen molar-refractivity contribution in [2.24, 2.45) is 11.8 Å². The minimum absolute atomic E-state index is 0.00559. The second kappa shape index (κ2) is 38.0. The second-order valence-electron chi connectivity index (χ2n) is 36.3. The highest BCUT2D eigenvalue weighted by molar-refractivity contribution is 6.75. The number of carbonyl (C=O) groups is 4. The molecule has 4 aliphatic heterocycles. The zero-order valence-electron chi connectivity index (χ0n) is 70.1. The lowest BCUT2D eigenvalue weighted by Crippen LogP contribution is -2.70. The molecule has 4 amide bonds. The molecule has 4 heterocycles. The Morgan fingerprint density at radius 1 is 0.527 bits per heavy atom. The van der Waals surface area contributed by atoms with Gasteiger partial charge in [0.2, 0.25) is 0 Å². The van der Waals surface area contributed by atoms with Crippen LogP contribution in [0.15, 0.2) is 121 Å². The third kappa shape index (κ3) is 23.3. The summed E-state index contributed by atoms with van der Waals surface area (Å²) < 4.78 is 104. The van der Waals surface area contributed by atoms with Crippen LogP contribution in [0, 0.1) is 11.8 Å². The van der Waals surface area contributed by atoms with Crippen molar-refractivity contribution in [1.82, 2.24) is 20.9 Å². The number of aliphatic hydroxyl groups excluding tert-OH is 2. The normalized spacial score (nSPS) is 29.8. The maximum absolute atomic E-state index is 15.2. The van der Waals surface area contributed by atoms with Gasteiger partial charge in [0.15, 0.2) is 50.1 Å². The van der Waals surface area contributed by atoms with E-state index in [1.54, 1.807) is 20.8 Å². The fourth-order valence-corrected chi connectivity index (χ4v) is 17.9. The predicted octanol–water partition coefficient (Wildman–Crippen LogP) is 14.9. The second-order valence-corrected chi connectivity index (χ2v) is 50.5. The van der Waals surface area contributed by atoms with Crippen molar-refractivity contribution in [3.05, 3.63) is 144 Å². The predicted molar refractivity (Wildman–Crippen MR) is 431 cm³/mol. The molecular formula is C84H130N4O21Si3. The summed E-state index contributed by atoms with van der Waals surface area (Å²) in [6.07, 6.45) is -19.6. The topological polar surface area (TPSA) is 287 Å². The molecule has 0 spiro atoms. The van der Waals surface area contributed by atoms with Crippen molar-refractivity contribution in [1.29, 1.82) is 0 Å². The van der Waals surface area contributed by atoms with Gasteiger partial charge >= 0.3 is 24.4 Å². The van der Waals surface area contributed by atoms with Crippen molar-refractivity contribution in [3.8, 4) is 0 Å². The molecular weight excluding hydrogens is 1490 g/mol. The number of amides is 4. The van der Waals surface area contributed by atoms with Crippen LogP contribution in [0.4, 0.5) is 19.2 Å². The van der Waals surface area contributed by atoms with Crippen LogP contribution >= 0.6 is 0 Å². The number of aliphatic hydroxyl groups is 2. The van der Waals surface area contributed by atoms with Crippen LogP contribution in [-0.2, 0) is 89.9 Å². The Labute approximate surface area is 667 Å². The van der Waals surface area contributed by atoms with Gasteiger partial charge in [0.25, 0.3) is 0 Å². The number of rotatable bonds is 28. The van der Waals surface area contributed by atoms with E-state index in [0.29, 0.717) is 18.4 Å². The summed E-state index contributed by atoms with van der Waals surface area (Å²) in [7, 11) is -8.47. The number of hydrogen-bond donors (Lipinski definition) is 5. The van der Waals surface area contributed by atoms with Gasteiger partial charge in [-0.15, -0.1) is 0 Å². The molecule has 5 fully saturated rings. The number of nitrogens with zero attached hydrogens (tertiary/aromatic N) is 1.